The Morgan fingerprint density at radius 2 is 1.59 bits per heavy atom. The van der Waals surface area contributed by atoms with Crippen LogP contribution < -0.4 is 24.7 Å². The Balaban J connectivity index is 2.49. The van der Waals surface area contributed by atoms with Gasteiger partial charge in [0, 0.05) is 12.6 Å². The lowest BCUT2D eigenvalue weighted by Crippen LogP contribution is -2.18. The lowest BCUT2D eigenvalue weighted by atomic mass is 9.91. The van der Waals surface area contributed by atoms with Gasteiger partial charge >= 0.3 is 0 Å². The van der Waals surface area contributed by atoms with Crippen LogP contribution in [-0.2, 0) is 12.8 Å². The van der Waals surface area contributed by atoms with Crippen LogP contribution in [-0.4, -0.2) is 38.1 Å². The van der Waals surface area contributed by atoms with E-state index in [1.54, 1.807) is 13.2 Å². The van der Waals surface area contributed by atoms with Crippen molar-refractivity contribution in [1.29, 1.82) is 5.26 Å². The summed E-state index contributed by atoms with van der Waals surface area (Å²) in [5, 5.41) is 19.4. The molecule has 0 radical (unpaired) electrons. The van der Waals surface area contributed by atoms with Crippen LogP contribution in [0.15, 0.2) is 24.3 Å². The van der Waals surface area contributed by atoms with Crippen LogP contribution in [0.3, 0.4) is 0 Å². The maximum Gasteiger partial charge on any atom is 0.178 e. The lowest BCUT2D eigenvalue weighted by molar-refractivity contribution is 0.229. The molecule has 0 amide bonds. The fourth-order valence-electron chi connectivity index (χ4n) is 3.60. The molecule has 2 aromatic carbocycles. The molecule has 0 aliphatic heterocycles. The zero-order valence-corrected chi connectivity index (χ0v) is 19.8. The third kappa shape index (κ3) is 6.06. The van der Waals surface area contributed by atoms with Gasteiger partial charge in [-0.2, -0.15) is 5.26 Å². The van der Waals surface area contributed by atoms with Crippen molar-refractivity contribution in [1.82, 2.24) is 0 Å². The molecule has 0 spiro atoms. The smallest absolute Gasteiger partial charge is 0.178 e. The first-order chi connectivity index (χ1) is 15.2. The second-order valence-electron chi connectivity index (χ2n) is 8.06. The summed E-state index contributed by atoms with van der Waals surface area (Å²) in [7, 11) is 3.10. The van der Waals surface area contributed by atoms with Crippen molar-refractivity contribution in [2.75, 3.05) is 20.8 Å². The first-order valence-corrected chi connectivity index (χ1v) is 10.8. The molecule has 3 N–H and O–H groups in total. The number of rotatable bonds is 11. The molecule has 0 aromatic heterocycles. The lowest BCUT2D eigenvalue weighted by Gasteiger charge is -2.22. The van der Waals surface area contributed by atoms with E-state index in [1.807, 2.05) is 45.9 Å². The van der Waals surface area contributed by atoms with Crippen molar-refractivity contribution < 1.29 is 24.1 Å². The normalized spacial score (nSPS) is 11.9. The fourth-order valence-corrected chi connectivity index (χ4v) is 3.60. The average molecular weight is 443 g/mol. The van der Waals surface area contributed by atoms with Crippen molar-refractivity contribution >= 4 is 0 Å². The monoisotopic (exact) mass is 442 g/mol. The molecule has 0 saturated carbocycles. The highest BCUT2D eigenvalue weighted by Gasteiger charge is 2.22. The summed E-state index contributed by atoms with van der Waals surface area (Å²) in [6, 6.07) is 9.17. The Bertz CT molecular complexity index is 950. The predicted molar refractivity (Wildman–Crippen MR) is 124 cm³/mol. The number of ether oxygens (including phenoxy) is 4. The van der Waals surface area contributed by atoms with Gasteiger partial charge in [-0.05, 0) is 75.4 Å². The molecule has 7 heteroatoms. The molecule has 0 saturated heterocycles. The summed E-state index contributed by atoms with van der Waals surface area (Å²) < 4.78 is 22.7. The standard InChI is InChI=1S/C25H34N2O5/c1-15(2)31-22-8-7-17(20(14-26)25(22)30-6)11-21(27)19-13-24(32-16(3)4)23(29-5)12-18(19)9-10-28/h7-8,12-13,15-16,21,28H,9-11,27H2,1-6H3/t21-/m0/s1. The Morgan fingerprint density at radius 1 is 0.938 bits per heavy atom. The number of nitrogens with two attached hydrogens (primary N) is 1. The van der Waals surface area contributed by atoms with Crippen LogP contribution in [0.4, 0.5) is 0 Å². The minimum atomic E-state index is -0.439. The van der Waals surface area contributed by atoms with Gasteiger partial charge in [0.25, 0.3) is 0 Å². The Kier molecular flexibility index (Phi) is 9.18. The van der Waals surface area contributed by atoms with Gasteiger partial charge in [0.1, 0.15) is 11.6 Å². The first-order valence-electron chi connectivity index (χ1n) is 10.8. The van der Waals surface area contributed by atoms with Crippen LogP contribution in [0.2, 0.25) is 0 Å². The largest absolute Gasteiger partial charge is 0.493 e. The molecule has 2 rings (SSSR count). The third-order valence-electron chi connectivity index (χ3n) is 4.90. The maximum atomic E-state index is 9.83. The topological polar surface area (TPSA) is 107 Å². The molecule has 32 heavy (non-hydrogen) atoms. The summed E-state index contributed by atoms with van der Waals surface area (Å²) in [5.41, 5.74) is 9.49. The maximum absolute atomic E-state index is 9.83. The third-order valence-corrected chi connectivity index (χ3v) is 4.90. The van der Waals surface area contributed by atoms with Gasteiger partial charge in [0.05, 0.1) is 26.4 Å². The summed E-state index contributed by atoms with van der Waals surface area (Å²) >= 11 is 0. The van der Waals surface area contributed by atoms with E-state index in [0.717, 1.165) is 16.7 Å². The highest BCUT2D eigenvalue weighted by Crippen LogP contribution is 2.38. The van der Waals surface area contributed by atoms with Crippen LogP contribution >= 0.6 is 0 Å². The van der Waals surface area contributed by atoms with Crippen molar-refractivity contribution in [3.63, 3.8) is 0 Å². The highest BCUT2D eigenvalue weighted by atomic mass is 16.5. The first kappa shape index (κ1) is 25.3. The molecule has 2 aromatic rings. The Labute approximate surface area is 190 Å². The molecule has 7 nitrogen and oxygen atoms in total. The van der Waals surface area contributed by atoms with Gasteiger partial charge in [-0.3, -0.25) is 0 Å². The van der Waals surface area contributed by atoms with Crippen molar-refractivity contribution in [3.05, 3.63) is 46.5 Å². The molecular weight excluding hydrogens is 408 g/mol. The van der Waals surface area contributed by atoms with Gasteiger partial charge in [-0.25, -0.2) is 0 Å². The molecule has 174 valence electrons. The van der Waals surface area contributed by atoms with E-state index in [-0.39, 0.29) is 18.8 Å². The molecular formula is C25H34N2O5. The second kappa shape index (κ2) is 11.6. The second-order valence-corrected chi connectivity index (χ2v) is 8.06. The Hall–Kier alpha value is -2.95. The number of hydrogen-bond acceptors (Lipinski definition) is 7. The highest BCUT2D eigenvalue weighted by molar-refractivity contribution is 5.57. The van der Waals surface area contributed by atoms with E-state index in [4.69, 9.17) is 24.7 Å². The molecule has 0 bridgehead atoms. The van der Waals surface area contributed by atoms with E-state index in [9.17, 15) is 10.4 Å². The summed E-state index contributed by atoms with van der Waals surface area (Å²) in [6.07, 6.45) is 0.729. The number of nitriles is 1. The minimum absolute atomic E-state index is 0.0221. The predicted octanol–water partition coefficient (Wildman–Crippen LogP) is 3.93. The summed E-state index contributed by atoms with van der Waals surface area (Å²) in [6.45, 7) is 7.68. The summed E-state index contributed by atoms with van der Waals surface area (Å²) in [4.78, 5) is 0. The number of methoxy groups -OCH3 is 2. The Morgan fingerprint density at radius 3 is 2.12 bits per heavy atom. The molecule has 0 aliphatic rings. The number of aliphatic hydroxyl groups excluding tert-OH is 1. The quantitative estimate of drug-likeness (QED) is 0.543. The van der Waals surface area contributed by atoms with E-state index < -0.39 is 6.04 Å². The van der Waals surface area contributed by atoms with E-state index in [2.05, 4.69) is 6.07 Å². The van der Waals surface area contributed by atoms with Gasteiger partial charge in [-0.1, -0.05) is 6.07 Å². The van der Waals surface area contributed by atoms with Gasteiger partial charge in [0.15, 0.2) is 23.0 Å². The van der Waals surface area contributed by atoms with Gasteiger partial charge in [0.2, 0.25) is 0 Å². The molecule has 0 aliphatic carbocycles. The van der Waals surface area contributed by atoms with Crippen LogP contribution in [0.25, 0.3) is 0 Å². The van der Waals surface area contributed by atoms with E-state index >= 15 is 0 Å². The minimum Gasteiger partial charge on any atom is -0.493 e. The zero-order valence-electron chi connectivity index (χ0n) is 19.8. The number of benzene rings is 2. The van der Waals surface area contributed by atoms with Crippen molar-refractivity contribution in [2.45, 2.75) is 58.8 Å². The molecule has 0 unspecified atom stereocenters. The molecule has 0 fully saturated rings. The van der Waals surface area contributed by atoms with E-state index in [0.29, 0.717) is 41.4 Å². The number of hydrogen-bond donors (Lipinski definition) is 2. The van der Waals surface area contributed by atoms with Crippen LogP contribution in [0, 0.1) is 11.3 Å². The van der Waals surface area contributed by atoms with Crippen LogP contribution in [0.5, 0.6) is 23.0 Å². The number of nitrogens with zero attached hydrogens (tertiary/aromatic N) is 1. The van der Waals surface area contributed by atoms with E-state index in [1.165, 1.54) is 7.11 Å². The number of aliphatic hydroxyl groups is 1. The van der Waals surface area contributed by atoms with Crippen molar-refractivity contribution in [2.24, 2.45) is 5.73 Å². The average Bonchev–Trinajstić information content (AvgIpc) is 2.74. The molecule has 1 atom stereocenters. The van der Waals surface area contributed by atoms with Crippen molar-refractivity contribution in [3.8, 4) is 29.1 Å². The zero-order chi connectivity index (χ0) is 23.8. The SMILES string of the molecule is COc1cc(CCO)c([C@@H](N)Cc2ccc(OC(C)C)c(OC)c2C#N)cc1OC(C)C. The summed E-state index contributed by atoms with van der Waals surface area (Å²) in [5.74, 6) is 2.11. The van der Waals surface area contributed by atoms with Gasteiger partial charge in [-0.15, -0.1) is 0 Å². The van der Waals surface area contributed by atoms with Gasteiger partial charge < -0.3 is 29.8 Å². The molecule has 0 heterocycles. The van der Waals surface area contributed by atoms with Crippen LogP contribution in [0.1, 0.15) is 56.0 Å². The fraction of sp³-hybridized carbons (Fsp3) is 0.480.